The van der Waals surface area contributed by atoms with Gasteiger partial charge in [0.05, 0.1) is 21.9 Å². The van der Waals surface area contributed by atoms with Crippen LogP contribution < -0.4 is 10.9 Å². The van der Waals surface area contributed by atoms with Crippen LogP contribution in [0.15, 0.2) is 95.2 Å². The third-order valence-corrected chi connectivity index (χ3v) is 7.26. The molecule has 3 heterocycles. The zero-order chi connectivity index (χ0) is 28.2. The fourth-order valence-electron chi connectivity index (χ4n) is 4.19. The predicted octanol–water partition coefficient (Wildman–Crippen LogP) is 4.98. The van der Waals surface area contributed by atoms with Crippen LogP contribution in [0.3, 0.4) is 0 Å². The molecule has 1 amide bonds. The molecule has 0 spiro atoms. The zero-order valence-corrected chi connectivity index (χ0v) is 23.0. The molecule has 10 heteroatoms. The molecular weight excluding hydrogens is 526 g/mol. The minimum absolute atomic E-state index is 0.128. The van der Waals surface area contributed by atoms with Crippen molar-refractivity contribution in [2.45, 2.75) is 20.0 Å². The van der Waals surface area contributed by atoms with E-state index in [0.29, 0.717) is 11.4 Å². The molecule has 1 atom stereocenters. The van der Waals surface area contributed by atoms with Gasteiger partial charge in [-0.2, -0.15) is 5.10 Å². The summed E-state index contributed by atoms with van der Waals surface area (Å²) in [6.45, 7) is 3.19. The molecule has 0 aliphatic carbocycles. The van der Waals surface area contributed by atoms with Gasteiger partial charge >= 0.3 is 5.97 Å². The van der Waals surface area contributed by atoms with E-state index in [2.05, 4.69) is 5.32 Å². The fraction of sp³-hybridized carbons (Fsp3) is 0.133. The number of thiophene rings is 1. The number of benzene rings is 2. The molecule has 3 aromatic heterocycles. The van der Waals surface area contributed by atoms with Gasteiger partial charge in [-0.1, -0.05) is 42.5 Å². The van der Waals surface area contributed by atoms with Crippen LogP contribution in [0.1, 0.15) is 18.2 Å². The molecule has 2 aromatic carbocycles. The van der Waals surface area contributed by atoms with Gasteiger partial charge in [0.15, 0.2) is 6.10 Å². The van der Waals surface area contributed by atoms with E-state index in [0.717, 1.165) is 21.8 Å². The second-order valence-electron chi connectivity index (χ2n) is 9.03. The molecule has 0 fully saturated rings. The maximum absolute atomic E-state index is 13.1. The molecular formula is C30H27N5O4S. The third-order valence-electron chi connectivity index (χ3n) is 6.38. The van der Waals surface area contributed by atoms with Gasteiger partial charge in [-0.05, 0) is 55.6 Å². The van der Waals surface area contributed by atoms with E-state index in [4.69, 9.17) is 9.84 Å². The lowest BCUT2D eigenvalue weighted by Crippen LogP contribution is -2.31. The second-order valence-corrected chi connectivity index (χ2v) is 9.98. The van der Waals surface area contributed by atoms with Gasteiger partial charge < -0.3 is 10.1 Å². The number of amides is 1. The van der Waals surface area contributed by atoms with E-state index >= 15 is 0 Å². The lowest BCUT2D eigenvalue weighted by atomic mass is 10.2. The summed E-state index contributed by atoms with van der Waals surface area (Å²) >= 11 is 1.54. The van der Waals surface area contributed by atoms with Gasteiger partial charge in [-0.25, -0.2) is 14.2 Å². The number of hydrogen-bond donors (Lipinski definition) is 1. The van der Waals surface area contributed by atoms with E-state index in [1.165, 1.54) is 17.7 Å². The highest BCUT2D eigenvalue weighted by Gasteiger charge is 2.23. The van der Waals surface area contributed by atoms with Crippen molar-refractivity contribution in [3.8, 4) is 21.9 Å². The van der Waals surface area contributed by atoms with Crippen LogP contribution in [0.2, 0.25) is 0 Å². The maximum atomic E-state index is 13.1. The van der Waals surface area contributed by atoms with Crippen molar-refractivity contribution < 1.29 is 14.3 Å². The minimum Gasteiger partial charge on any atom is -0.449 e. The monoisotopic (exact) mass is 553 g/mol. The molecule has 202 valence electrons. The van der Waals surface area contributed by atoms with E-state index < -0.39 is 18.0 Å². The van der Waals surface area contributed by atoms with Crippen molar-refractivity contribution in [3.63, 3.8) is 0 Å². The summed E-state index contributed by atoms with van der Waals surface area (Å²) < 4.78 is 10.2. The molecule has 0 saturated carbocycles. The Morgan fingerprint density at radius 3 is 2.33 bits per heavy atom. The van der Waals surface area contributed by atoms with E-state index in [1.54, 1.807) is 52.9 Å². The highest BCUT2D eigenvalue weighted by atomic mass is 32.1. The van der Waals surface area contributed by atoms with Gasteiger partial charge in [0.2, 0.25) is 0 Å². The van der Waals surface area contributed by atoms with Crippen LogP contribution in [0.5, 0.6) is 0 Å². The van der Waals surface area contributed by atoms with Crippen LogP contribution >= 0.6 is 11.3 Å². The van der Waals surface area contributed by atoms with Crippen LogP contribution in [-0.4, -0.2) is 37.1 Å². The highest BCUT2D eigenvalue weighted by Crippen LogP contribution is 2.28. The summed E-state index contributed by atoms with van der Waals surface area (Å²) in [5.74, 6) is -1.30. The van der Waals surface area contributed by atoms with E-state index in [9.17, 15) is 14.4 Å². The number of esters is 1. The number of aromatic nitrogens is 4. The van der Waals surface area contributed by atoms with Crippen molar-refractivity contribution >= 4 is 35.0 Å². The first-order chi connectivity index (χ1) is 19.3. The third kappa shape index (κ3) is 5.43. The van der Waals surface area contributed by atoms with Crippen molar-refractivity contribution in [2.24, 2.45) is 7.05 Å². The Balaban J connectivity index is 1.30. The van der Waals surface area contributed by atoms with E-state index in [-0.39, 0.29) is 11.2 Å². The first kappa shape index (κ1) is 26.6. The summed E-state index contributed by atoms with van der Waals surface area (Å²) in [5.41, 5.74) is 3.32. The lowest BCUT2D eigenvalue weighted by molar-refractivity contribution is -0.148. The van der Waals surface area contributed by atoms with Crippen LogP contribution in [0, 0.1) is 6.92 Å². The maximum Gasteiger partial charge on any atom is 0.331 e. The fourth-order valence-corrected chi connectivity index (χ4v) is 4.92. The number of anilines is 1. The SMILES string of the molecule is Cc1c(NC(=O)C(C)OC(=O)C=Cc2cn(-c3ccccc3)nc2-c2cccs2)c(=O)n(-c2ccccc2)n1C. The number of rotatable bonds is 8. The Kier molecular flexibility index (Phi) is 7.61. The second kappa shape index (κ2) is 11.4. The number of carbonyl (C=O) groups excluding carboxylic acids is 2. The number of nitrogens with zero attached hydrogens (tertiary/aromatic N) is 4. The molecule has 0 aliphatic heterocycles. The molecule has 1 unspecified atom stereocenters. The van der Waals surface area contributed by atoms with Gasteiger partial charge in [0.25, 0.3) is 11.5 Å². The average Bonchev–Trinajstić information content (AvgIpc) is 3.69. The summed E-state index contributed by atoms with van der Waals surface area (Å²) in [7, 11) is 1.73. The average molecular weight is 554 g/mol. The Morgan fingerprint density at radius 2 is 1.68 bits per heavy atom. The van der Waals surface area contributed by atoms with Crippen LogP contribution in [0.25, 0.3) is 28.0 Å². The topological polar surface area (TPSA) is 100 Å². The first-order valence-corrected chi connectivity index (χ1v) is 13.4. The Bertz CT molecular complexity index is 1730. The molecule has 5 rings (SSSR count). The summed E-state index contributed by atoms with van der Waals surface area (Å²) in [4.78, 5) is 39.6. The van der Waals surface area contributed by atoms with Gasteiger partial charge in [-0.3, -0.25) is 14.3 Å². The Hall–Kier alpha value is -4.96. The zero-order valence-electron chi connectivity index (χ0n) is 22.1. The molecule has 40 heavy (non-hydrogen) atoms. The van der Waals surface area contributed by atoms with Crippen molar-refractivity contribution in [2.75, 3.05) is 5.32 Å². The Labute approximate surface area is 234 Å². The lowest BCUT2D eigenvalue weighted by Gasteiger charge is -2.11. The van der Waals surface area contributed by atoms with Gasteiger partial charge in [0.1, 0.15) is 11.4 Å². The molecule has 0 radical (unpaired) electrons. The van der Waals surface area contributed by atoms with Crippen molar-refractivity contribution in [3.05, 3.63) is 112 Å². The van der Waals surface area contributed by atoms with E-state index in [1.807, 2.05) is 72.2 Å². The summed E-state index contributed by atoms with van der Waals surface area (Å²) in [6, 6.07) is 22.7. The van der Waals surface area contributed by atoms with Crippen molar-refractivity contribution in [1.29, 1.82) is 0 Å². The molecule has 1 N–H and O–H groups in total. The normalized spacial score (nSPS) is 12.0. The number of carbonyl (C=O) groups is 2. The van der Waals surface area contributed by atoms with Crippen molar-refractivity contribution in [1.82, 2.24) is 19.1 Å². The number of para-hydroxylation sites is 2. The molecule has 9 nitrogen and oxygen atoms in total. The first-order valence-electron chi connectivity index (χ1n) is 12.6. The van der Waals surface area contributed by atoms with Crippen LogP contribution in [-0.2, 0) is 21.4 Å². The highest BCUT2D eigenvalue weighted by molar-refractivity contribution is 7.13. The quantitative estimate of drug-likeness (QED) is 0.216. The standard InChI is InChI=1S/C30H27N5O4S/c1-20-27(30(38)35(33(20)3)24-13-8-5-9-14-24)31-29(37)21(2)39-26(36)17-16-22-19-34(23-11-6-4-7-12-23)32-28(22)25-15-10-18-40-25/h4-19,21H,1-3H3,(H,31,37). The number of hydrogen-bond acceptors (Lipinski definition) is 6. The predicted molar refractivity (Wildman–Crippen MR) is 156 cm³/mol. The van der Waals surface area contributed by atoms with Gasteiger partial charge in [-0.15, -0.1) is 11.3 Å². The smallest absolute Gasteiger partial charge is 0.331 e. The molecule has 0 saturated heterocycles. The van der Waals surface area contributed by atoms with Gasteiger partial charge in [0, 0.05) is 24.9 Å². The largest absolute Gasteiger partial charge is 0.449 e. The van der Waals surface area contributed by atoms with Crippen LogP contribution in [0.4, 0.5) is 5.69 Å². The molecule has 0 aliphatic rings. The number of ether oxygens (including phenoxy) is 1. The summed E-state index contributed by atoms with van der Waals surface area (Å²) in [5, 5.41) is 9.30. The molecule has 0 bridgehead atoms. The minimum atomic E-state index is -1.13. The molecule has 5 aromatic rings. The Morgan fingerprint density at radius 1 is 1.00 bits per heavy atom. The number of nitrogens with one attached hydrogen (secondary N) is 1. The summed E-state index contributed by atoms with van der Waals surface area (Å²) in [6.07, 6.45) is 3.59.